The standard InChI is InChI=1S/C17H20N2OS/c1-17(2)9-13-16(15(20)11(17)10-19(3)4)21-14-8-6-5-7-12(14)18-13/h5-8,10,18H,9H2,1-4H3/b11-10+. The van der Waals surface area contributed by atoms with Crippen LogP contribution in [0.3, 0.4) is 0 Å². The first-order valence-corrected chi connectivity index (χ1v) is 7.90. The van der Waals surface area contributed by atoms with E-state index >= 15 is 0 Å². The van der Waals surface area contributed by atoms with Gasteiger partial charge < -0.3 is 10.2 Å². The van der Waals surface area contributed by atoms with Gasteiger partial charge in [-0.15, -0.1) is 0 Å². The van der Waals surface area contributed by atoms with Crippen molar-refractivity contribution in [2.75, 3.05) is 19.4 Å². The van der Waals surface area contributed by atoms with E-state index in [1.165, 1.54) is 0 Å². The number of carbonyl (C=O) groups is 1. The minimum absolute atomic E-state index is 0.153. The Balaban J connectivity index is 2.05. The van der Waals surface area contributed by atoms with Crippen LogP contribution in [-0.4, -0.2) is 24.8 Å². The van der Waals surface area contributed by atoms with Gasteiger partial charge >= 0.3 is 0 Å². The fraction of sp³-hybridized carbons (Fsp3) is 0.353. The molecule has 0 bridgehead atoms. The molecule has 1 N–H and O–H groups in total. The number of nitrogens with one attached hydrogen (secondary N) is 1. The van der Waals surface area contributed by atoms with E-state index in [1.807, 2.05) is 37.3 Å². The Morgan fingerprint density at radius 1 is 1.29 bits per heavy atom. The van der Waals surface area contributed by atoms with Gasteiger partial charge in [0.2, 0.25) is 0 Å². The zero-order valence-corrected chi connectivity index (χ0v) is 13.7. The molecule has 0 saturated heterocycles. The third-order valence-corrected chi connectivity index (χ3v) is 5.06. The minimum Gasteiger partial charge on any atom is -0.383 e. The van der Waals surface area contributed by atoms with Crippen LogP contribution in [0.1, 0.15) is 20.3 Å². The average Bonchev–Trinajstić information content (AvgIpc) is 2.41. The van der Waals surface area contributed by atoms with Crippen LogP contribution >= 0.6 is 11.8 Å². The Bertz CT molecular complexity index is 671. The molecule has 3 rings (SSSR count). The van der Waals surface area contributed by atoms with Crippen molar-refractivity contribution in [1.82, 2.24) is 4.90 Å². The van der Waals surface area contributed by atoms with Crippen molar-refractivity contribution in [1.29, 1.82) is 0 Å². The third kappa shape index (κ3) is 2.48. The molecule has 1 aromatic carbocycles. The predicted molar refractivity (Wildman–Crippen MR) is 88.1 cm³/mol. The number of ketones is 1. The van der Waals surface area contributed by atoms with E-state index in [1.54, 1.807) is 11.8 Å². The molecule has 4 heteroatoms. The molecule has 1 aliphatic heterocycles. The summed E-state index contributed by atoms with van der Waals surface area (Å²) in [5, 5.41) is 3.46. The molecule has 0 fully saturated rings. The van der Waals surface area contributed by atoms with Gasteiger partial charge in [0.05, 0.1) is 10.6 Å². The largest absolute Gasteiger partial charge is 0.383 e. The van der Waals surface area contributed by atoms with Crippen molar-refractivity contribution in [2.45, 2.75) is 25.2 Å². The Kier molecular flexibility index (Phi) is 3.36. The van der Waals surface area contributed by atoms with Crippen LogP contribution in [0, 0.1) is 5.41 Å². The van der Waals surface area contributed by atoms with Gasteiger partial charge in [-0.25, -0.2) is 0 Å². The molecule has 0 atom stereocenters. The highest BCUT2D eigenvalue weighted by molar-refractivity contribution is 8.04. The van der Waals surface area contributed by atoms with Crippen molar-refractivity contribution in [2.24, 2.45) is 5.41 Å². The summed E-state index contributed by atoms with van der Waals surface area (Å²) >= 11 is 1.59. The number of allylic oxidation sites excluding steroid dienone is 3. The summed E-state index contributed by atoms with van der Waals surface area (Å²) in [5.41, 5.74) is 2.90. The number of thioether (sulfide) groups is 1. The number of hydrogen-bond acceptors (Lipinski definition) is 4. The van der Waals surface area contributed by atoms with Gasteiger partial charge in [0.1, 0.15) is 0 Å². The van der Waals surface area contributed by atoms with Crippen LogP contribution < -0.4 is 5.32 Å². The van der Waals surface area contributed by atoms with Crippen LogP contribution in [0.15, 0.2) is 51.5 Å². The lowest BCUT2D eigenvalue weighted by Gasteiger charge is -2.37. The second kappa shape index (κ2) is 4.95. The quantitative estimate of drug-likeness (QED) is 0.798. The van der Waals surface area contributed by atoms with Crippen molar-refractivity contribution < 1.29 is 4.79 Å². The molecule has 0 unspecified atom stereocenters. The van der Waals surface area contributed by atoms with Gasteiger partial charge in [-0.1, -0.05) is 37.7 Å². The number of nitrogens with zero attached hydrogens (tertiary/aromatic N) is 1. The second-order valence-corrected chi connectivity index (χ2v) is 7.48. The third-order valence-electron chi connectivity index (χ3n) is 3.84. The number of para-hydroxylation sites is 1. The summed E-state index contributed by atoms with van der Waals surface area (Å²) in [4.78, 5) is 16.8. The molecular weight excluding hydrogens is 280 g/mol. The molecule has 110 valence electrons. The topological polar surface area (TPSA) is 32.3 Å². The molecule has 2 aliphatic rings. The molecule has 0 saturated carbocycles. The summed E-state index contributed by atoms with van der Waals surface area (Å²) in [7, 11) is 3.92. The van der Waals surface area contributed by atoms with Crippen LogP contribution in [0.5, 0.6) is 0 Å². The molecule has 21 heavy (non-hydrogen) atoms. The number of rotatable bonds is 1. The zero-order valence-electron chi connectivity index (χ0n) is 12.9. The normalized spacial score (nSPS) is 21.7. The maximum Gasteiger partial charge on any atom is 0.199 e. The zero-order chi connectivity index (χ0) is 15.2. The van der Waals surface area contributed by atoms with E-state index in [-0.39, 0.29) is 11.2 Å². The fourth-order valence-electron chi connectivity index (χ4n) is 2.82. The minimum atomic E-state index is -0.153. The first kappa shape index (κ1) is 14.3. The molecule has 0 radical (unpaired) electrons. The Labute approximate surface area is 130 Å². The Hall–Kier alpha value is -1.68. The lowest BCUT2D eigenvalue weighted by molar-refractivity contribution is -0.113. The Morgan fingerprint density at radius 3 is 2.71 bits per heavy atom. The van der Waals surface area contributed by atoms with Gasteiger partial charge in [0.15, 0.2) is 5.78 Å². The summed E-state index contributed by atoms with van der Waals surface area (Å²) in [6.45, 7) is 4.27. The van der Waals surface area contributed by atoms with Crippen LogP contribution in [0.25, 0.3) is 0 Å². The van der Waals surface area contributed by atoms with Crippen LogP contribution in [0.4, 0.5) is 5.69 Å². The maximum absolute atomic E-state index is 12.9. The van der Waals surface area contributed by atoms with Crippen LogP contribution in [0.2, 0.25) is 0 Å². The van der Waals surface area contributed by atoms with Crippen molar-refractivity contribution in [3.8, 4) is 0 Å². The highest BCUT2D eigenvalue weighted by Gasteiger charge is 2.40. The predicted octanol–water partition coefficient (Wildman–Crippen LogP) is 3.86. The van der Waals surface area contributed by atoms with Crippen molar-refractivity contribution >= 4 is 23.2 Å². The summed E-state index contributed by atoms with van der Waals surface area (Å²) in [6, 6.07) is 8.14. The molecule has 0 amide bonds. The Morgan fingerprint density at radius 2 is 2.00 bits per heavy atom. The summed E-state index contributed by atoms with van der Waals surface area (Å²) in [5.74, 6) is 0.155. The van der Waals surface area contributed by atoms with E-state index in [4.69, 9.17) is 0 Å². The number of fused-ring (bicyclic) bond motifs is 1. The number of Topliss-reactive ketones (excluding diaryl/α,β-unsaturated/α-hetero) is 1. The highest BCUT2D eigenvalue weighted by atomic mass is 32.2. The van der Waals surface area contributed by atoms with Gasteiger partial charge in [-0.05, 0) is 18.6 Å². The molecule has 0 spiro atoms. The van der Waals surface area contributed by atoms with Gasteiger partial charge in [0.25, 0.3) is 0 Å². The molecule has 1 aromatic rings. The highest BCUT2D eigenvalue weighted by Crippen LogP contribution is 2.49. The molecule has 3 nitrogen and oxygen atoms in total. The van der Waals surface area contributed by atoms with Crippen molar-refractivity contribution in [3.63, 3.8) is 0 Å². The second-order valence-electron chi connectivity index (χ2n) is 6.43. The molecular formula is C17H20N2OS. The number of anilines is 1. The van der Waals surface area contributed by atoms with E-state index in [0.29, 0.717) is 0 Å². The lowest BCUT2D eigenvalue weighted by atomic mass is 9.74. The monoisotopic (exact) mass is 300 g/mol. The number of hydrogen-bond donors (Lipinski definition) is 1. The summed E-state index contributed by atoms with van der Waals surface area (Å²) in [6.07, 6.45) is 2.82. The molecule has 1 aliphatic carbocycles. The average molecular weight is 300 g/mol. The smallest absolute Gasteiger partial charge is 0.199 e. The van der Waals surface area contributed by atoms with Gasteiger partial charge in [-0.3, -0.25) is 4.79 Å². The van der Waals surface area contributed by atoms with Crippen molar-refractivity contribution in [3.05, 3.63) is 46.6 Å². The lowest BCUT2D eigenvalue weighted by Crippen LogP contribution is -2.32. The fourth-order valence-corrected chi connectivity index (χ4v) is 3.86. The van der Waals surface area contributed by atoms with E-state index < -0.39 is 0 Å². The van der Waals surface area contributed by atoms with Crippen LogP contribution in [-0.2, 0) is 4.79 Å². The van der Waals surface area contributed by atoms with Gasteiger partial charge in [0, 0.05) is 41.9 Å². The van der Waals surface area contributed by atoms with E-state index in [0.717, 1.165) is 33.2 Å². The summed E-state index contributed by atoms with van der Waals surface area (Å²) < 4.78 is 0. The maximum atomic E-state index is 12.9. The number of benzene rings is 1. The molecule has 1 heterocycles. The van der Waals surface area contributed by atoms with Gasteiger partial charge in [-0.2, -0.15) is 0 Å². The first-order valence-electron chi connectivity index (χ1n) is 7.09. The van der Waals surface area contributed by atoms with E-state index in [2.05, 4.69) is 31.3 Å². The number of carbonyl (C=O) groups excluding carboxylic acids is 1. The SMILES string of the molecule is CN(C)/C=C1\C(=O)C2=C(CC1(C)C)Nc1ccccc1S2. The molecule has 0 aromatic heterocycles. The van der Waals surface area contributed by atoms with E-state index in [9.17, 15) is 4.79 Å². The first-order chi connectivity index (χ1) is 9.88.